The first-order valence-electron chi connectivity index (χ1n) is 5.33. The van der Waals surface area contributed by atoms with E-state index in [0.29, 0.717) is 6.42 Å². The zero-order chi connectivity index (χ0) is 12.8. The van der Waals surface area contributed by atoms with Crippen LogP contribution in [0.5, 0.6) is 0 Å². The monoisotopic (exact) mass is 259 g/mol. The molecule has 0 radical (unpaired) electrons. The van der Waals surface area contributed by atoms with E-state index >= 15 is 0 Å². The lowest BCUT2D eigenvalue weighted by molar-refractivity contribution is -0.139. The van der Waals surface area contributed by atoms with E-state index in [1.54, 1.807) is 0 Å². The Morgan fingerprint density at radius 3 is 2.76 bits per heavy atom. The van der Waals surface area contributed by atoms with Crippen molar-refractivity contribution in [3.05, 3.63) is 23.1 Å². The Morgan fingerprint density at radius 2 is 2.29 bits per heavy atom. The molecule has 0 saturated heterocycles. The lowest BCUT2D eigenvalue weighted by atomic mass is 10.1. The van der Waals surface area contributed by atoms with Crippen LogP contribution in [0.1, 0.15) is 36.5 Å². The Hall–Kier alpha value is -1.49. The fourth-order valence-corrected chi connectivity index (χ4v) is 1.56. The maximum atomic E-state index is 11.7. The number of hydrogen-bond acceptors (Lipinski definition) is 3. The number of carboxylic acids is 1. The molecule has 0 spiro atoms. The average Bonchev–Trinajstić information content (AvgIpc) is 2.70. The summed E-state index contributed by atoms with van der Waals surface area (Å²) < 4.78 is 4.77. The van der Waals surface area contributed by atoms with Crippen LogP contribution in [0.2, 0.25) is 5.22 Å². The Balaban J connectivity index is 2.64. The smallest absolute Gasteiger partial charge is 0.326 e. The summed E-state index contributed by atoms with van der Waals surface area (Å²) in [6.45, 7) is 1.95. The number of rotatable bonds is 6. The van der Waals surface area contributed by atoms with Crippen molar-refractivity contribution < 1.29 is 19.1 Å². The van der Waals surface area contributed by atoms with E-state index in [4.69, 9.17) is 21.1 Å². The number of amides is 1. The first-order valence-corrected chi connectivity index (χ1v) is 5.70. The highest BCUT2D eigenvalue weighted by Crippen LogP contribution is 2.16. The number of aliphatic carboxylic acids is 1. The highest BCUT2D eigenvalue weighted by molar-refractivity contribution is 6.32. The van der Waals surface area contributed by atoms with Gasteiger partial charge in [-0.3, -0.25) is 4.79 Å². The van der Waals surface area contributed by atoms with Gasteiger partial charge in [0.25, 0.3) is 5.91 Å². The number of carboxylic acid groups (broad SMARTS) is 1. The molecule has 0 aliphatic carbocycles. The third kappa shape index (κ3) is 3.78. The topological polar surface area (TPSA) is 79.5 Å². The molecule has 0 aliphatic heterocycles. The quantitative estimate of drug-likeness (QED) is 0.822. The van der Waals surface area contributed by atoms with Crippen LogP contribution in [0.3, 0.4) is 0 Å². The van der Waals surface area contributed by atoms with Gasteiger partial charge in [-0.15, -0.1) is 0 Å². The molecule has 1 aromatic heterocycles. The minimum absolute atomic E-state index is 0.0397. The molecule has 0 saturated carbocycles. The largest absolute Gasteiger partial charge is 0.480 e. The van der Waals surface area contributed by atoms with Crippen molar-refractivity contribution >= 4 is 23.5 Å². The van der Waals surface area contributed by atoms with Crippen LogP contribution in [-0.4, -0.2) is 23.0 Å². The van der Waals surface area contributed by atoms with Crippen molar-refractivity contribution in [3.63, 3.8) is 0 Å². The minimum Gasteiger partial charge on any atom is -0.480 e. The zero-order valence-corrected chi connectivity index (χ0v) is 10.2. The Morgan fingerprint density at radius 1 is 1.59 bits per heavy atom. The molecule has 0 aliphatic rings. The molecule has 0 aromatic carbocycles. The van der Waals surface area contributed by atoms with E-state index in [1.807, 2.05) is 6.92 Å². The number of carbonyl (C=O) groups is 2. The summed E-state index contributed by atoms with van der Waals surface area (Å²) in [5, 5.41) is 11.3. The molecular weight excluding hydrogens is 246 g/mol. The maximum absolute atomic E-state index is 11.7. The van der Waals surface area contributed by atoms with Gasteiger partial charge >= 0.3 is 5.97 Å². The van der Waals surface area contributed by atoms with Gasteiger partial charge < -0.3 is 14.8 Å². The van der Waals surface area contributed by atoms with Crippen LogP contribution in [0.4, 0.5) is 0 Å². The fourth-order valence-electron chi connectivity index (χ4n) is 1.36. The third-order valence-electron chi connectivity index (χ3n) is 2.31. The molecule has 1 aromatic rings. The molecule has 5 nitrogen and oxygen atoms in total. The molecule has 1 rings (SSSR count). The van der Waals surface area contributed by atoms with Crippen LogP contribution in [0, 0.1) is 0 Å². The second kappa shape index (κ2) is 6.30. The molecule has 0 fully saturated rings. The first kappa shape index (κ1) is 13.6. The standard InChI is InChI=1S/C11H14ClNO4/c1-2-3-4-8(11(15)16)13-10(14)7-5-6-17-9(7)12/h5-6,8H,2-4H2,1H3,(H,13,14)(H,15,16)/t8-/m0/s1. The van der Waals surface area contributed by atoms with Crippen molar-refractivity contribution in [1.82, 2.24) is 5.32 Å². The molecule has 1 amide bonds. The molecule has 0 bridgehead atoms. The summed E-state index contributed by atoms with van der Waals surface area (Å²) >= 11 is 5.63. The van der Waals surface area contributed by atoms with Gasteiger partial charge in [0.1, 0.15) is 6.04 Å². The SMILES string of the molecule is CCCC[C@H](NC(=O)c1ccoc1Cl)C(=O)O. The average molecular weight is 260 g/mol. The van der Waals surface area contributed by atoms with Gasteiger partial charge in [0.05, 0.1) is 11.8 Å². The summed E-state index contributed by atoms with van der Waals surface area (Å²) in [5.41, 5.74) is 0.148. The summed E-state index contributed by atoms with van der Waals surface area (Å²) in [6.07, 6.45) is 3.27. The van der Waals surface area contributed by atoms with Gasteiger partial charge in [-0.25, -0.2) is 4.79 Å². The second-order valence-corrected chi connectivity index (χ2v) is 3.96. The number of unbranched alkanes of at least 4 members (excludes halogenated alkanes) is 1. The lowest BCUT2D eigenvalue weighted by Gasteiger charge is -2.13. The summed E-state index contributed by atoms with van der Waals surface area (Å²) in [4.78, 5) is 22.6. The minimum atomic E-state index is -1.05. The van der Waals surface area contributed by atoms with Crippen LogP contribution < -0.4 is 5.32 Å². The van der Waals surface area contributed by atoms with Gasteiger partial charge in [0.2, 0.25) is 5.22 Å². The molecule has 1 atom stereocenters. The molecule has 1 heterocycles. The number of carbonyl (C=O) groups excluding carboxylic acids is 1. The summed E-state index contributed by atoms with van der Waals surface area (Å²) in [7, 11) is 0. The van der Waals surface area contributed by atoms with Crippen molar-refractivity contribution in [3.8, 4) is 0 Å². The van der Waals surface area contributed by atoms with Gasteiger partial charge in [-0.1, -0.05) is 19.8 Å². The van der Waals surface area contributed by atoms with Crippen molar-refractivity contribution in [2.75, 3.05) is 0 Å². The Bertz CT molecular complexity index is 402. The van der Waals surface area contributed by atoms with Gasteiger partial charge in [0.15, 0.2) is 0 Å². The fraction of sp³-hybridized carbons (Fsp3) is 0.455. The zero-order valence-electron chi connectivity index (χ0n) is 9.40. The van der Waals surface area contributed by atoms with Crippen LogP contribution >= 0.6 is 11.6 Å². The second-order valence-electron chi connectivity index (χ2n) is 3.61. The van der Waals surface area contributed by atoms with E-state index in [-0.39, 0.29) is 10.8 Å². The maximum Gasteiger partial charge on any atom is 0.326 e. The van der Waals surface area contributed by atoms with Crippen molar-refractivity contribution in [1.29, 1.82) is 0 Å². The Kier molecular flexibility index (Phi) is 5.03. The number of nitrogens with one attached hydrogen (secondary N) is 1. The van der Waals surface area contributed by atoms with E-state index < -0.39 is 17.9 Å². The van der Waals surface area contributed by atoms with Gasteiger partial charge in [-0.2, -0.15) is 0 Å². The molecule has 0 unspecified atom stereocenters. The van der Waals surface area contributed by atoms with Crippen LogP contribution in [-0.2, 0) is 4.79 Å². The predicted octanol–water partition coefficient (Wildman–Crippen LogP) is 2.31. The van der Waals surface area contributed by atoms with Gasteiger partial charge in [-0.05, 0) is 24.1 Å². The Labute approximate surface area is 104 Å². The normalized spacial score (nSPS) is 12.1. The van der Waals surface area contributed by atoms with E-state index in [0.717, 1.165) is 12.8 Å². The number of hydrogen-bond donors (Lipinski definition) is 2. The molecule has 6 heteroatoms. The van der Waals surface area contributed by atoms with Crippen molar-refractivity contribution in [2.45, 2.75) is 32.2 Å². The molecule has 94 valence electrons. The number of furan rings is 1. The highest BCUT2D eigenvalue weighted by Gasteiger charge is 2.22. The molecule has 2 N–H and O–H groups in total. The van der Waals surface area contributed by atoms with E-state index in [2.05, 4.69) is 5.32 Å². The van der Waals surface area contributed by atoms with Crippen LogP contribution in [0.25, 0.3) is 0 Å². The molecular formula is C11H14ClNO4. The number of halogens is 1. The highest BCUT2D eigenvalue weighted by atomic mass is 35.5. The predicted molar refractivity (Wildman–Crippen MR) is 62.1 cm³/mol. The van der Waals surface area contributed by atoms with Crippen molar-refractivity contribution in [2.24, 2.45) is 0 Å². The van der Waals surface area contributed by atoms with E-state index in [1.165, 1.54) is 12.3 Å². The lowest BCUT2D eigenvalue weighted by Crippen LogP contribution is -2.40. The first-order chi connectivity index (χ1) is 8.06. The molecule has 17 heavy (non-hydrogen) atoms. The van der Waals surface area contributed by atoms with E-state index in [9.17, 15) is 9.59 Å². The van der Waals surface area contributed by atoms with Gasteiger partial charge in [0, 0.05) is 0 Å². The summed E-state index contributed by atoms with van der Waals surface area (Å²) in [6, 6.07) is 0.504. The third-order valence-corrected chi connectivity index (χ3v) is 2.61. The summed E-state index contributed by atoms with van der Waals surface area (Å²) in [5.74, 6) is -1.58. The van der Waals surface area contributed by atoms with Crippen LogP contribution in [0.15, 0.2) is 16.7 Å².